The SMILES string of the molecule is COc1cc(OC)c(CNC(=O)c2ccoc2CN2c3ccccc3CC2C)c(OC)c1. The summed E-state index contributed by atoms with van der Waals surface area (Å²) in [6.07, 6.45) is 2.54. The van der Waals surface area contributed by atoms with Crippen LogP contribution in [0.2, 0.25) is 0 Å². The minimum Gasteiger partial charge on any atom is -0.496 e. The van der Waals surface area contributed by atoms with Crippen LogP contribution in [0.3, 0.4) is 0 Å². The van der Waals surface area contributed by atoms with Gasteiger partial charge in [-0.3, -0.25) is 4.79 Å². The first-order valence-corrected chi connectivity index (χ1v) is 10.5. The number of methoxy groups -OCH3 is 3. The van der Waals surface area contributed by atoms with Crippen molar-refractivity contribution in [3.05, 3.63) is 71.2 Å². The number of nitrogens with one attached hydrogen (secondary N) is 1. The zero-order chi connectivity index (χ0) is 22.7. The largest absolute Gasteiger partial charge is 0.496 e. The molecule has 7 heteroatoms. The molecule has 1 atom stereocenters. The van der Waals surface area contributed by atoms with Crippen LogP contribution >= 0.6 is 0 Å². The van der Waals surface area contributed by atoms with Crippen molar-refractivity contribution in [1.29, 1.82) is 0 Å². The number of nitrogens with zero attached hydrogens (tertiary/aromatic N) is 1. The highest BCUT2D eigenvalue weighted by Crippen LogP contribution is 2.35. The molecule has 2 heterocycles. The molecule has 1 aliphatic rings. The van der Waals surface area contributed by atoms with Crippen molar-refractivity contribution in [2.75, 3.05) is 26.2 Å². The number of rotatable bonds is 8. The predicted molar refractivity (Wildman–Crippen MR) is 122 cm³/mol. The van der Waals surface area contributed by atoms with Gasteiger partial charge in [-0.1, -0.05) is 18.2 Å². The normalized spacial score (nSPS) is 14.8. The molecule has 0 saturated carbocycles. The van der Waals surface area contributed by atoms with Crippen molar-refractivity contribution >= 4 is 11.6 Å². The zero-order valence-electron chi connectivity index (χ0n) is 18.8. The average molecular weight is 437 g/mol. The molecule has 2 aromatic carbocycles. The number of anilines is 1. The van der Waals surface area contributed by atoms with Crippen LogP contribution < -0.4 is 24.4 Å². The van der Waals surface area contributed by atoms with Crippen molar-refractivity contribution in [2.24, 2.45) is 0 Å². The minimum absolute atomic E-state index is 0.214. The number of amides is 1. The monoisotopic (exact) mass is 436 g/mol. The van der Waals surface area contributed by atoms with Gasteiger partial charge in [0.05, 0.1) is 51.8 Å². The molecule has 0 fully saturated rings. The lowest BCUT2D eigenvalue weighted by Crippen LogP contribution is -2.30. The van der Waals surface area contributed by atoms with Crippen LogP contribution in [-0.4, -0.2) is 33.3 Å². The molecule has 32 heavy (non-hydrogen) atoms. The lowest BCUT2D eigenvalue weighted by atomic mass is 10.1. The molecule has 0 saturated heterocycles. The summed E-state index contributed by atoms with van der Waals surface area (Å²) in [6.45, 7) is 2.96. The molecule has 1 aromatic heterocycles. The summed E-state index contributed by atoms with van der Waals surface area (Å²) in [4.78, 5) is 15.3. The number of para-hydroxylation sites is 1. The predicted octanol–water partition coefficient (Wildman–Crippen LogP) is 4.19. The van der Waals surface area contributed by atoms with E-state index in [0.29, 0.717) is 41.2 Å². The van der Waals surface area contributed by atoms with Crippen LogP contribution in [0, 0.1) is 0 Å². The van der Waals surface area contributed by atoms with E-state index in [4.69, 9.17) is 18.6 Å². The van der Waals surface area contributed by atoms with E-state index in [2.05, 4.69) is 35.3 Å². The van der Waals surface area contributed by atoms with Crippen molar-refractivity contribution in [2.45, 2.75) is 32.5 Å². The number of hydrogen-bond donors (Lipinski definition) is 1. The highest BCUT2D eigenvalue weighted by Gasteiger charge is 2.28. The first kappa shape index (κ1) is 21.6. The molecule has 168 valence electrons. The van der Waals surface area contributed by atoms with E-state index < -0.39 is 0 Å². The molecule has 1 unspecified atom stereocenters. The van der Waals surface area contributed by atoms with Gasteiger partial charge in [0, 0.05) is 23.9 Å². The first-order chi connectivity index (χ1) is 15.5. The average Bonchev–Trinajstić information content (AvgIpc) is 3.41. The van der Waals surface area contributed by atoms with Gasteiger partial charge in [0.15, 0.2) is 0 Å². The van der Waals surface area contributed by atoms with Crippen LogP contribution in [0.15, 0.2) is 53.1 Å². The Labute approximate surface area is 187 Å². The van der Waals surface area contributed by atoms with Gasteiger partial charge < -0.3 is 28.8 Å². The van der Waals surface area contributed by atoms with Gasteiger partial charge in [0.25, 0.3) is 5.91 Å². The van der Waals surface area contributed by atoms with Crippen molar-refractivity contribution in [3.8, 4) is 17.2 Å². The molecule has 1 amide bonds. The van der Waals surface area contributed by atoms with Gasteiger partial charge in [0.2, 0.25) is 0 Å². The van der Waals surface area contributed by atoms with Crippen LogP contribution in [0.4, 0.5) is 5.69 Å². The molecular weight excluding hydrogens is 408 g/mol. The van der Waals surface area contributed by atoms with Gasteiger partial charge in [-0.15, -0.1) is 0 Å². The number of ether oxygens (including phenoxy) is 3. The molecule has 0 aliphatic carbocycles. The highest BCUT2D eigenvalue weighted by molar-refractivity contribution is 5.95. The first-order valence-electron chi connectivity index (χ1n) is 10.5. The third-order valence-electron chi connectivity index (χ3n) is 5.90. The zero-order valence-corrected chi connectivity index (χ0v) is 18.8. The summed E-state index contributed by atoms with van der Waals surface area (Å²) < 4.78 is 22.0. The molecular formula is C25H28N2O5. The summed E-state index contributed by atoms with van der Waals surface area (Å²) >= 11 is 0. The third kappa shape index (κ3) is 4.10. The van der Waals surface area contributed by atoms with E-state index in [-0.39, 0.29) is 12.5 Å². The van der Waals surface area contributed by atoms with Gasteiger partial charge in [-0.2, -0.15) is 0 Å². The lowest BCUT2D eigenvalue weighted by Gasteiger charge is -2.24. The van der Waals surface area contributed by atoms with Crippen molar-refractivity contribution in [1.82, 2.24) is 5.32 Å². The highest BCUT2D eigenvalue weighted by atomic mass is 16.5. The Hall–Kier alpha value is -3.61. The Bertz CT molecular complexity index is 1080. The topological polar surface area (TPSA) is 73.2 Å². The van der Waals surface area contributed by atoms with Crippen LogP contribution in [0.5, 0.6) is 17.2 Å². The van der Waals surface area contributed by atoms with Gasteiger partial charge in [-0.25, -0.2) is 0 Å². The number of carbonyl (C=O) groups is 1. The summed E-state index contributed by atoms with van der Waals surface area (Å²) in [5.74, 6) is 2.20. The molecule has 4 rings (SSSR count). The Kier molecular flexibility index (Phi) is 6.25. The Morgan fingerprint density at radius 3 is 2.50 bits per heavy atom. The lowest BCUT2D eigenvalue weighted by molar-refractivity contribution is 0.0948. The second-order valence-electron chi connectivity index (χ2n) is 7.76. The second-order valence-corrected chi connectivity index (χ2v) is 7.76. The van der Waals surface area contributed by atoms with E-state index in [1.54, 1.807) is 45.8 Å². The number of benzene rings is 2. The van der Waals surface area contributed by atoms with E-state index in [0.717, 1.165) is 12.0 Å². The fourth-order valence-electron chi connectivity index (χ4n) is 4.21. The number of hydrogen-bond acceptors (Lipinski definition) is 6. The minimum atomic E-state index is -0.214. The Balaban J connectivity index is 1.51. The molecule has 0 radical (unpaired) electrons. The molecule has 0 spiro atoms. The number of carbonyl (C=O) groups excluding carboxylic acids is 1. The Morgan fingerprint density at radius 2 is 1.81 bits per heavy atom. The third-order valence-corrected chi connectivity index (χ3v) is 5.90. The van der Waals surface area contributed by atoms with E-state index in [1.807, 2.05) is 6.07 Å². The van der Waals surface area contributed by atoms with Crippen molar-refractivity contribution < 1.29 is 23.4 Å². The van der Waals surface area contributed by atoms with Gasteiger partial charge in [-0.05, 0) is 31.0 Å². The van der Waals surface area contributed by atoms with E-state index >= 15 is 0 Å². The van der Waals surface area contributed by atoms with Crippen molar-refractivity contribution in [3.63, 3.8) is 0 Å². The van der Waals surface area contributed by atoms with E-state index in [9.17, 15) is 4.79 Å². The van der Waals surface area contributed by atoms with Gasteiger partial charge >= 0.3 is 0 Å². The van der Waals surface area contributed by atoms with Crippen LogP contribution in [0.1, 0.15) is 34.2 Å². The molecule has 1 N–H and O–H groups in total. The summed E-state index contributed by atoms with van der Waals surface area (Å²) in [7, 11) is 4.72. The summed E-state index contributed by atoms with van der Waals surface area (Å²) in [5, 5.41) is 2.97. The summed E-state index contributed by atoms with van der Waals surface area (Å²) in [5.41, 5.74) is 3.76. The van der Waals surface area contributed by atoms with E-state index in [1.165, 1.54) is 11.3 Å². The second kappa shape index (κ2) is 9.26. The van der Waals surface area contributed by atoms with Crippen LogP contribution in [-0.2, 0) is 19.5 Å². The Morgan fingerprint density at radius 1 is 1.09 bits per heavy atom. The quantitative estimate of drug-likeness (QED) is 0.571. The van der Waals surface area contributed by atoms with Crippen LogP contribution in [0.25, 0.3) is 0 Å². The fourth-order valence-corrected chi connectivity index (χ4v) is 4.21. The van der Waals surface area contributed by atoms with Gasteiger partial charge in [0.1, 0.15) is 23.0 Å². The molecule has 3 aromatic rings. The smallest absolute Gasteiger partial charge is 0.255 e. The number of furan rings is 1. The molecule has 1 aliphatic heterocycles. The molecule has 7 nitrogen and oxygen atoms in total. The maximum Gasteiger partial charge on any atom is 0.255 e. The fraction of sp³-hybridized carbons (Fsp3) is 0.320. The molecule has 0 bridgehead atoms. The summed E-state index contributed by atoms with van der Waals surface area (Å²) in [6, 6.07) is 13.9. The number of fused-ring (bicyclic) bond motifs is 1. The maximum atomic E-state index is 13.0. The standard InChI is InChI=1S/C25H28N2O5/c1-16-11-17-7-5-6-8-21(17)27(16)15-24-19(9-10-32-24)25(28)26-14-20-22(30-3)12-18(29-2)13-23(20)31-4/h5-10,12-13,16H,11,14-15H2,1-4H3,(H,26,28). The maximum absolute atomic E-state index is 13.0.